The molecule has 0 unspecified atom stereocenters. The van der Waals surface area contributed by atoms with Gasteiger partial charge in [0.1, 0.15) is 0 Å². The Morgan fingerprint density at radius 2 is 1.87 bits per heavy atom. The molecule has 1 aromatic rings. The minimum absolute atomic E-state index is 0.467. The second-order valence-corrected chi connectivity index (χ2v) is 4.51. The van der Waals surface area contributed by atoms with E-state index < -0.39 is 0 Å². The van der Waals surface area contributed by atoms with Crippen molar-refractivity contribution in [2.45, 2.75) is 38.0 Å². The first-order valence-electron chi connectivity index (χ1n) is 6.01. The molecule has 0 spiro atoms. The number of benzene rings is 1. The monoisotopic (exact) mass is 204 g/mol. The molecule has 0 saturated heterocycles. The molecule has 0 aliphatic heterocycles. The van der Waals surface area contributed by atoms with Crippen molar-refractivity contribution in [3.8, 4) is 0 Å². The molecule has 0 atom stereocenters. The highest BCUT2D eigenvalue weighted by Gasteiger charge is 2.43. The van der Waals surface area contributed by atoms with Crippen molar-refractivity contribution in [1.82, 2.24) is 0 Å². The van der Waals surface area contributed by atoms with E-state index in [0.717, 1.165) is 19.6 Å². The SMILES string of the molecule is CCCOCCC1(c2ccccc2)CC1. The Kier molecular flexibility index (Phi) is 3.42. The van der Waals surface area contributed by atoms with Crippen LogP contribution in [0.1, 0.15) is 38.2 Å². The Hall–Kier alpha value is -0.820. The smallest absolute Gasteiger partial charge is 0.0474 e. The van der Waals surface area contributed by atoms with Crippen LogP contribution in [-0.2, 0) is 10.2 Å². The lowest BCUT2D eigenvalue weighted by molar-refractivity contribution is 0.125. The quantitative estimate of drug-likeness (QED) is 0.644. The van der Waals surface area contributed by atoms with Gasteiger partial charge in [-0.05, 0) is 36.7 Å². The van der Waals surface area contributed by atoms with Crippen molar-refractivity contribution in [1.29, 1.82) is 0 Å². The maximum Gasteiger partial charge on any atom is 0.0474 e. The van der Waals surface area contributed by atoms with Gasteiger partial charge in [0.15, 0.2) is 0 Å². The highest BCUT2D eigenvalue weighted by molar-refractivity contribution is 5.30. The van der Waals surface area contributed by atoms with E-state index in [1.807, 2.05) is 0 Å². The molecule has 0 aromatic heterocycles. The first-order chi connectivity index (χ1) is 7.37. The largest absolute Gasteiger partial charge is 0.381 e. The van der Waals surface area contributed by atoms with Crippen LogP contribution < -0.4 is 0 Å². The van der Waals surface area contributed by atoms with Gasteiger partial charge in [-0.1, -0.05) is 37.3 Å². The molecule has 1 aliphatic rings. The summed E-state index contributed by atoms with van der Waals surface area (Å²) in [5.41, 5.74) is 1.97. The third-order valence-electron chi connectivity index (χ3n) is 3.31. The molecule has 1 heteroatoms. The molecule has 15 heavy (non-hydrogen) atoms. The summed E-state index contributed by atoms with van der Waals surface area (Å²) in [5.74, 6) is 0. The Balaban J connectivity index is 1.86. The molecule has 0 N–H and O–H groups in total. The van der Waals surface area contributed by atoms with Crippen molar-refractivity contribution < 1.29 is 4.74 Å². The van der Waals surface area contributed by atoms with E-state index in [2.05, 4.69) is 37.3 Å². The fourth-order valence-corrected chi connectivity index (χ4v) is 2.14. The summed E-state index contributed by atoms with van der Waals surface area (Å²) in [7, 11) is 0. The van der Waals surface area contributed by atoms with Crippen molar-refractivity contribution in [2.24, 2.45) is 0 Å². The van der Waals surface area contributed by atoms with Gasteiger partial charge in [0.25, 0.3) is 0 Å². The van der Waals surface area contributed by atoms with Crippen LogP contribution >= 0.6 is 0 Å². The Morgan fingerprint density at radius 3 is 2.47 bits per heavy atom. The van der Waals surface area contributed by atoms with Gasteiger partial charge in [0.2, 0.25) is 0 Å². The Labute approximate surface area is 92.5 Å². The average Bonchev–Trinajstić information content (AvgIpc) is 3.07. The summed E-state index contributed by atoms with van der Waals surface area (Å²) in [6, 6.07) is 10.9. The van der Waals surface area contributed by atoms with Crippen LogP contribution in [0.5, 0.6) is 0 Å². The first-order valence-corrected chi connectivity index (χ1v) is 6.01. The zero-order chi connectivity index (χ0) is 10.6. The summed E-state index contributed by atoms with van der Waals surface area (Å²) in [5, 5.41) is 0. The van der Waals surface area contributed by atoms with Crippen LogP contribution in [0.3, 0.4) is 0 Å². The second-order valence-electron chi connectivity index (χ2n) is 4.51. The average molecular weight is 204 g/mol. The normalized spacial score (nSPS) is 17.7. The van der Waals surface area contributed by atoms with Crippen LogP contribution in [-0.4, -0.2) is 13.2 Å². The molecule has 0 amide bonds. The van der Waals surface area contributed by atoms with Gasteiger partial charge < -0.3 is 4.74 Å². The zero-order valence-corrected chi connectivity index (χ0v) is 9.54. The molecule has 1 aliphatic carbocycles. The van der Waals surface area contributed by atoms with Gasteiger partial charge in [-0.25, -0.2) is 0 Å². The van der Waals surface area contributed by atoms with Crippen LogP contribution in [0.25, 0.3) is 0 Å². The van der Waals surface area contributed by atoms with Crippen molar-refractivity contribution >= 4 is 0 Å². The molecular weight excluding hydrogens is 184 g/mol. The van der Waals surface area contributed by atoms with Gasteiger partial charge >= 0.3 is 0 Å². The van der Waals surface area contributed by atoms with Crippen molar-refractivity contribution in [3.63, 3.8) is 0 Å². The molecule has 1 nitrogen and oxygen atoms in total. The summed E-state index contributed by atoms with van der Waals surface area (Å²) in [6.45, 7) is 3.98. The molecule has 1 saturated carbocycles. The molecule has 0 bridgehead atoms. The molecule has 1 fully saturated rings. The minimum Gasteiger partial charge on any atom is -0.381 e. The van der Waals surface area contributed by atoms with Gasteiger partial charge in [0, 0.05) is 13.2 Å². The van der Waals surface area contributed by atoms with E-state index in [9.17, 15) is 0 Å². The number of hydrogen-bond donors (Lipinski definition) is 0. The van der Waals surface area contributed by atoms with Crippen LogP contribution in [0.4, 0.5) is 0 Å². The number of rotatable bonds is 6. The maximum absolute atomic E-state index is 5.58. The second kappa shape index (κ2) is 4.80. The van der Waals surface area contributed by atoms with Crippen molar-refractivity contribution in [3.05, 3.63) is 35.9 Å². The third kappa shape index (κ3) is 2.60. The zero-order valence-electron chi connectivity index (χ0n) is 9.54. The molecule has 0 heterocycles. The summed E-state index contributed by atoms with van der Waals surface area (Å²) in [6.07, 6.45) is 4.99. The standard InChI is InChI=1S/C14H20O/c1-2-11-15-12-10-14(8-9-14)13-6-4-3-5-7-13/h3-7H,2,8-12H2,1H3. The Morgan fingerprint density at radius 1 is 1.13 bits per heavy atom. The predicted octanol–water partition coefficient (Wildman–Crippen LogP) is 3.53. The van der Waals surface area contributed by atoms with Gasteiger partial charge in [-0.2, -0.15) is 0 Å². The van der Waals surface area contributed by atoms with Crippen LogP contribution in [0, 0.1) is 0 Å². The van der Waals surface area contributed by atoms with Gasteiger partial charge in [-0.3, -0.25) is 0 Å². The third-order valence-corrected chi connectivity index (χ3v) is 3.31. The molecule has 1 aromatic carbocycles. The van der Waals surface area contributed by atoms with Gasteiger partial charge in [0.05, 0.1) is 0 Å². The van der Waals surface area contributed by atoms with E-state index in [4.69, 9.17) is 4.74 Å². The summed E-state index contributed by atoms with van der Waals surface area (Å²) >= 11 is 0. The highest BCUT2D eigenvalue weighted by Crippen LogP contribution is 2.50. The maximum atomic E-state index is 5.58. The van der Waals surface area contributed by atoms with E-state index in [1.165, 1.54) is 24.8 Å². The fraction of sp³-hybridized carbons (Fsp3) is 0.571. The number of hydrogen-bond acceptors (Lipinski definition) is 1. The molecule has 0 radical (unpaired) electrons. The predicted molar refractivity (Wildman–Crippen MR) is 63.1 cm³/mol. The molecule has 82 valence electrons. The van der Waals surface area contributed by atoms with E-state index in [0.29, 0.717) is 5.41 Å². The lowest BCUT2D eigenvalue weighted by Crippen LogP contribution is -2.10. The van der Waals surface area contributed by atoms with E-state index in [-0.39, 0.29) is 0 Å². The van der Waals surface area contributed by atoms with Crippen LogP contribution in [0.2, 0.25) is 0 Å². The fourth-order valence-electron chi connectivity index (χ4n) is 2.14. The highest BCUT2D eigenvalue weighted by atomic mass is 16.5. The molecular formula is C14H20O. The first kappa shape index (κ1) is 10.7. The van der Waals surface area contributed by atoms with Crippen molar-refractivity contribution in [2.75, 3.05) is 13.2 Å². The van der Waals surface area contributed by atoms with E-state index >= 15 is 0 Å². The number of ether oxygens (including phenoxy) is 1. The Bertz CT molecular complexity index is 287. The van der Waals surface area contributed by atoms with Crippen LogP contribution in [0.15, 0.2) is 30.3 Å². The summed E-state index contributed by atoms with van der Waals surface area (Å²) in [4.78, 5) is 0. The van der Waals surface area contributed by atoms with E-state index in [1.54, 1.807) is 0 Å². The topological polar surface area (TPSA) is 9.23 Å². The lowest BCUT2D eigenvalue weighted by atomic mass is 9.93. The molecule has 2 rings (SSSR count). The van der Waals surface area contributed by atoms with Gasteiger partial charge in [-0.15, -0.1) is 0 Å². The summed E-state index contributed by atoms with van der Waals surface area (Å²) < 4.78 is 5.58. The lowest BCUT2D eigenvalue weighted by Gasteiger charge is -2.15. The minimum atomic E-state index is 0.467.